The molecule has 4 aromatic rings. The van der Waals surface area contributed by atoms with Gasteiger partial charge >= 0.3 is 0 Å². The normalized spacial score (nSPS) is 10.9. The van der Waals surface area contributed by atoms with Crippen molar-refractivity contribution >= 4 is 22.5 Å². The van der Waals surface area contributed by atoms with Gasteiger partial charge in [0.1, 0.15) is 11.5 Å². The Kier molecular flexibility index (Phi) is 4.34. The number of benzene rings is 3. The Morgan fingerprint density at radius 2 is 1.67 bits per heavy atom. The molecule has 0 aliphatic carbocycles. The Labute approximate surface area is 160 Å². The number of hydrogen-bond acceptors (Lipinski definition) is 3. The van der Waals surface area contributed by atoms with E-state index in [1.54, 1.807) is 31.4 Å². The second-order valence-corrected chi connectivity index (χ2v) is 6.56. The molecule has 5 heteroatoms. The highest BCUT2D eigenvalue weighted by Gasteiger charge is 2.16. The van der Waals surface area contributed by atoms with Crippen molar-refractivity contribution < 1.29 is 9.84 Å². The molecule has 0 atom stereocenters. The monoisotopic (exact) mass is 377 g/mol. The molecule has 0 amide bonds. The van der Waals surface area contributed by atoms with Crippen molar-refractivity contribution in [3.05, 3.63) is 82.1 Å². The Morgan fingerprint density at radius 1 is 0.963 bits per heavy atom. The zero-order valence-corrected chi connectivity index (χ0v) is 15.2. The molecule has 0 saturated heterocycles. The van der Waals surface area contributed by atoms with Gasteiger partial charge < -0.3 is 14.8 Å². The number of methoxy groups -OCH3 is 1. The Hall–Kier alpha value is -3.24. The molecule has 0 fully saturated rings. The summed E-state index contributed by atoms with van der Waals surface area (Å²) in [7, 11) is 1.61. The van der Waals surface area contributed by atoms with Crippen molar-refractivity contribution in [2.75, 3.05) is 7.11 Å². The van der Waals surface area contributed by atoms with E-state index in [-0.39, 0.29) is 16.9 Å². The number of aromatic nitrogens is 1. The van der Waals surface area contributed by atoms with Crippen LogP contribution < -0.4 is 10.3 Å². The number of ether oxygens (including phenoxy) is 1. The van der Waals surface area contributed by atoms with Crippen LogP contribution in [0.1, 0.15) is 0 Å². The van der Waals surface area contributed by atoms with Crippen LogP contribution in [0, 0.1) is 0 Å². The molecule has 134 valence electrons. The van der Waals surface area contributed by atoms with Crippen LogP contribution in [-0.4, -0.2) is 17.2 Å². The van der Waals surface area contributed by atoms with Gasteiger partial charge in [0, 0.05) is 10.9 Å². The molecule has 2 N–H and O–H groups in total. The molecule has 0 saturated carbocycles. The molecule has 3 aromatic carbocycles. The van der Waals surface area contributed by atoms with E-state index >= 15 is 0 Å². The maximum absolute atomic E-state index is 12.5. The number of halogens is 1. The standard InChI is InChI=1S/C22H16ClNO3/c1-27-15-9-7-13(8-10-15)16-11-17-19(12-18(16)23)24-22(26)20(21(17)25)14-5-3-2-4-6-14/h2-12H,1H3,(H2,24,25,26). The second kappa shape index (κ2) is 6.82. The fraction of sp³-hybridized carbons (Fsp3) is 0.0455. The van der Waals surface area contributed by atoms with Crippen LogP contribution in [0.2, 0.25) is 5.02 Å². The number of fused-ring (bicyclic) bond motifs is 1. The zero-order chi connectivity index (χ0) is 19.0. The number of hydrogen-bond donors (Lipinski definition) is 2. The highest BCUT2D eigenvalue weighted by Crippen LogP contribution is 2.38. The van der Waals surface area contributed by atoms with Gasteiger partial charge in [0.15, 0.2) is 0 Å². The van der Waals surface area contributed by atoms with Crippen molar-refractivity contribution in [1.29, 1.82) is 0 Å². The van der Waals surface area contributed by atoms with E-state index < -0.39 is 0 Å². The molecule has 0 aliphatic rings. The largest absolute Gasteiger partial charge is 0.506 e. The lowest BCUT2D eigenvalue weighted by atomic mass is 9.99. The third-order valence-electron chi connectivity index (χ3n) is 4.54. The van der Waals surface area contributed by atoms with E-state index in [4.69, 9.17) is 16.3 Å². The van der Waals surface area contributed by atoms with Gasteiger partial charge in [-0.25, -0.2) is 0 Å². The number of nitrogens with one attached hydrogen (secondary N) is 1. The SMILES string of the molecule is COc1ccc(-c2cc3c(O)c(-c4ccccc4)c(=O)[nH]c3cc2Cl)cc1. The summed E-state index contributed by atoms with van der Waals surface area (Å²) in [5.41, 5.74) is 2.66. The van der Waals surface area contributed by atoms with Crippen molar-refractivity contribution in [1.82, 2.24) is 4.98 Å². The average molecular weight is 378 g/mol. The predicted molar refractivity (Wildman–Crippen MR) is 109 cm³/mol. The molecule has 27 heavy (non-hydrogen) atoms. The van der Waals surface area contributed by atoms with E-state index in [9.17, 15) is 9.90 Å². The van der Waals surface area contributed by atoms with E-state index in [0.717, 1.165) is 16.9 Å². The van der Waals surface area contributed by atoms with Crippen molar-refractivity contribution in [2.45, 2.75) is 0 Å². The molecular formula is C22H16ClNO3. The summed E-state index contributed by atoms with van der Waals surface area (Å²) in [5.74, 6) is 0.681. The van der Waals surface area contributed by atoms with Crippen molar-refractivity contribution in [3.63, 3.8) is 0 Å². The average Bonchev–Trinajstić information content (AvgIpc) is 2.68. The van der Waals surface area contributed by atoms with Gasteiger partial charge in [-0.1, -0.05) is 54.1 Å². The zero-order valence-electron chi connectivity index (χ0n) is 14.5. The molecule has 4 rings (SSSR count). The van der Waals surface area contributed by atoms with Gasteiger partial charge in [0.25, 0.3) is 5.56 Å². The van der Waals surface area contributed by atoms with Crippen LogP contribution in [0.15, 0.2) is 71.5 Å². The summed E-state index contributed by atoms with van der Waals surface area (Å²) in [6.45, 7) is 0. The van der Waals surface area contributed by atoms with E-state index in [2.05, 4.69) is 4.98 Å². The molecule has 4 nitrogen and oxygen atoms in total. The number of H-pyrrole nitrogens is 1. The summed E-state index contributed by atoms with van der Waals surface area (Å²) >= 11 is 6.44. The van der Waals surface area contributed by atoms with Gasteiger partial charge in [-0.3, -0.25) is 4.79 Å². The second-order valence-electron chi connectivity index (χ2n) is 6.15. The number of pyridine rings is 1. The highest BCUT2D eigenvalue weighted by molar-refractivity contribution is 6.34. The Balaban J connectivity index is 1.96. The van der Waals surface area contributed by atoms with Gasteiger partial charge in [-0.05, 0) is 35.4 Å². The summed E-state index contributed by atoms with van der Waals surface area (Å²) in [6.07, 6.45) is 0. The quantitative estimate of drug-likeness (QED) is 0.514. The molecule has 0 bridgehead atoms. The van der Waals surface area contributed by atoms with Crippen LogP contribution in [0.5, 0.6) is 11.5 Å². The van der Waals surface area contributed by atoms with E-state index in [0.29, 0.717) is 21.5 Å². The Morgan fingerprint density at radius 3 is 2.33 bits per heavy atom. The molecule has 1 aromatic heterocycles. The minimum absolute atomic E-state index is 0.0635. The van der Waals surface area contributed by atoms with E-state index in [1.165, 1.54) is 0 Å². The highest BCUT2D eigenvalue weighted by atomic mass is 35.5. The lowest BCUT2D eigenvalue weighted by Crippen LogP contribution is -2.09. The topological polar surface area (TPSA) is 62.3 Å². The lowest BCUT2D eigenvalue weighted by molar-refractivity contribution is 0.415. The predicted octanol–water partition coefficient (Wildman–Crippen LogP) is 5.23. The first-order valence-electron chi connectivity index (χ1n) is 8.37. The molecule has 0 unspecified atom stereocenters. The molecular weight excluding hydrogens is 362 g/mol. The first-order chi connectivity index (χ1) is 13.1. The first kappa shape index (κ1) is 17.2. The fourth-order valence-electron chi connectivity index (χ4n) is 3.16. The molecule has 0 spiro atoms. The number of rotatable bonds is 3. The van der Waals surface area contributed by atoms with Gasteiger partial charge in [0.2, 0.25) is 0 Å². The van der Waals surface area contributed by atoms with Gasteiger partial charge in [0.05, 0.1) is 23.2 Å². The van der Waals surface area contributed by atoms with Crippen LogP contribution >= 0.6 is 11.6 Å². The van der Waals surface area contributed by atoms with Crippen LogP contribution in [0.25, 0.3) is 33.2 Å². The van der Waals surface area contributed by atoms with Crippen LogP contribution in [0.4, 0.5) is 0 Å². The maximum Gasteiger partial charge on any atom is 0.260 e. The summed E-state index contributed by atoms with van der Waals surface area (Å²) in [5, 5.41) is 11.9. The first-order valence-corrected chi connectivity index (χ1v) is 8.74. The molecule has 0 aliphatic heterocycles. The summed E-state index contributed by atoms with van der Waals surface area (Å²) in [4.78, 5) is 15.3. The number of aromatic hydroxyl groups is 1. The Bertz CT molecular complexity index is 1180. The van der Waals surface area contributed by atoms with E-state index in [1.807, 2.05) is 42.5 Å². The van der Waals surface area contributed by atoms with Gasteiger partial charge in [-0.2, -0.15) is 0 Å². The lowest BCUT2D eigenvalue weighted by Gasteiger charge is -2.11. The minimum Gasteiger partial charge on any atom is -0.506 e. The minimum atomic E-state index is -0.362. The summed E-state index contributed by atoms with van der Waals surface area (Å²) < 4.78 is 5.19. The summed E-state index contributed by atoms with van der Waals surface area (Å²) in [6, 6.07) is 20.0. The van der Waals surface area contributed by atoms with Crippen LogP contribution in [-0.2, 0) is 0 Å². The maximum atomic E-state index is 12.5. The smallest absolute Gasteiger partial charge is 0.260 e. The third-order valence-corrected chi connectivity index (χ3v) is 4.85. The van der Waals surface area contributed by atoms with Crippen molar-refractivity contribution in [2.24, 2.45) is 0 Å². The number of aromatic amines is 1. The van der Waals surface area contributed by atoms with Gasteiger partial charge in [-0.15, -0.1) is 0 Å². The molecule has 0 radical (unpaired) electrons. The molecule has 1 heterocycles. The van der Waals surface area contributed by atoms with Crippen LogP contribution in [0.3, 0.4) is 0 Å². The van der Waals surface area contributed by atoms with Crippen molar-refractivity contribution in [3.8, 4) is 33.8 Å². The third kappa shape index (κ3) is 3.04. The fourth-order valence-corrected chi connectivity index (χ4v) is 3.44.